The SMILES string of the molecule is Cc1nn([C@H](C)CC(=O)N2CCc3nc([C@@H]4CCCN4)ncc3C2)c(C)c1C. The van der Waals surface area contributed by atoms with Crippen molar-refractivity contribution >= 4 is 5.91 Å². The van der Waals surface area contributed by atoms with Gasteiger partial charge >= 0.3 is 0 Å². The van der Waals surface area contributed by atoms with E-state index in [0.29, 0.717) is 13.0 Å². The van der Waals surface area contributed by atoms with Gasteiger partial charge in [0.2, 0.25) is 5.91 Å². The second kappa shape index (κ2) is 7.62. The van der Waals surface area contributed by atoms with Crippen LogP contribution in [0.3, 0.4) is 0 Å². The zero-order valence-electron chi connectivity index (χ0n) is 17.3. The Balaban J connectivity index is 1.42. The van der Waals surface area contributed by atoms with Crippen molar-refractivity contribution in [2.24, 2.45) is 0 Å². The fraction of sp³-hybridized carbons (Fsp3) is 0.619. The van der Waals surface area contributed by atoms with Crippen LogP contribution in [0, 0.1) is 20.8 Å². The molecule has 7 nitrogen and oxygen atoms in total. The number of fused-ring (bicyclic) bond motifs is 1. The summed E-state index contributed by atoms with van der Waals surface area (Å²) >= 11 is 0. The average molecular weight is 383 g/mol. The van der Waals surface area contributed by atoms with Crippen LogP contribution in [0.25, 0.3) is 0 Å². The third kappa shape index (κ3) is 3.55. The number of aromatic nitrogens is 4. The average Bonchev–Trinajstić information content (AvgIpc) is 3.32. The highest BCUT2D eigenvalue weighted by atomic mass is 16.2. The van der Waals surface area contributed by atoms with Crippen LogP contribution in [0.2, 0.25) is 0 Å². The van der Waals surface area contributed by atoms with Gasteiger partial charge in [0.15, 0.2) is 0 Å². The molecule has 2 aliphatic rings. The Hall–Kier alpha value is -2.28. The molecule has 0 aliphatic carbocycles. The van der Waals surface area contributed by atoms with Crippen molar-refractivity contribution in [2.75, 3.05) is 13.1 Å². The minimum atomic E-state index is 0.0494. The first kappa shape index (κ1) is 19.1. The highest BCUT2D eigenvalue weighted by Gasteiger charge is 2.26. The van der Waals surface area contributed by atoms with Crippen LogP contribution >= 0.6 is 0 Å². The molecule has 0 unspecified atom stereocenters. The molecule has 0 bridgehead atoms. The molecule has 0 radical (unpaired) electrons. The molecule has 1 amide bonds. The molecule has 7 heteroatoms. The molecule has 2 aromatic rings. The Morgan fingerprint density at radius 1 is 1.36 bits per heavy atom. The predicted octanol–water partition coefficient (Wildman–Crippen LogP) is 2.56. The van der Waals surface area contributed by atoms with Gasteiger partial charge in [-0.3, -0.25) is 9.48 Å². The smallest absolute Gasteiger partial charge is 0.225 e. The maximum absolute atomic E-state index is 12.9. The zero-order valence-corrected chi connectivity index (χ0v) is 17.3. The molecule has 150 valence electrons. The van der Waals surface area contributed by atoms with Gasteiger partial charge in [0, 0.05) is 43.4 Å². The van der Waals surface area contributed by atoms with E-state index in [0.717, 1.165) is 54.4 Å². The summed E-state index contributed by atoms with van der Waals surface area (Å²) in [7, 11) is 0. The van der Waals surface area contributed by atoms with Crippen molar-refractivity contribution in [1.29, 1.82) is 0 Å². The number of rotatable bonds is 4. The van der Waals surface area contributed by atoms with E-state index in [1.165, 1.54) is 12.0 Å². The van der Waals surface area contributed by atoms with Gasteiger partial charge in [0.05, 0.1) is 23.5 Å². The van der Waals surface area contributed by atoms with Crippen molar-refractivity contribution in [3.05, 3.63) is 40.2 Å². The first-order chi connectivity index (χ1) is 13.4. The molecular formula is C21H30N6O. The Bertz CT molecular complexity index is 883. The van der Waals surface area contributed by atoms with E-state index in [-0.39, 0.29) is 18.0 Å². The van der Waals surface area contributed by atoms with E-state index in [9.17, 15) is 4.79 Å². The molecule has 1 fully saturated rings. The lowest BCUT2D eigenvalue weighted by atomic mass is 10.1. The molecule has 28 heavy (non-hydrogen) atoms. The Morgan fingerprint density at radius 3 is 2.86 bits per heavy atom. The monoisotopic (exact) mass is 382 g/mol. The standard InChI is InChI=1S/C21H30N6O/c1-13(27-16(4)14(2)15(3)25-27)10-20(28)26-9-7-18-17(12-26)11-23-21(24-18)19-6-5-8-22-19/h11,13,19,22H,5-10,12H2,1-4H3/t13-,19+/m1/s1. The van der Waals surface area contributed by atoms with Gasteiger partial charge in [-0.05, 0) is 52.6 Å². The fourth-order valence-corrected chi connectivity index (χ4v) is 4.26. The van der Waals surface area contributed by atoms with Crippen LogP contribution in [0.15, 0.2) is 6.20 Å². The van der Waals surface area contributed by atoms with Crippen LogP contribution in [-0.4, -0.2) is 43.6 Å². The van der Waals surface area contributed by atoms with E-state index < -0.39 is 0 Å². The number of hydrogen-bond acceptors (Lipinski definition) is 5. The van der Waals surface area contributed by atoms with Crippen molar-refractivity contribution in [3.8, 4) is 0 Å². The van der Waals surface area contributed by atoms with Crippen LogP contribution in [0.5, 0.6) is 0 Å². The molecule has 0 aromatic carbocycles. The van der Waals surface area contributed by atoms with E-state index in [4.69, 9.17) is 4.98 Å². The normalized spacial score (nSPS) is 20.3. The molecule has 0 saturated carbocycles. The topological polar surface area (TPSA) is 75.9 Å². The first-order valence-corrected chi connectivity index (χ1v) is 10.3. The molecule has 1 saturated heterocycles. The van der Waals surface area contributed by atoms with E-state index in [2.05, 4.69) is 36.2 Å². The minimum Gasteiger partial charge on any atom is -0.338 e. The maximum Gasteiger partial charge on any atom is 0.225 e. The van der Waals surface area contributed by atoms with Crippen LogP contribution in [0.1, 0.15) is 72.3 Å². The molecule has 4 rings (SSSR count). The lowest BCUT2D eigenvalue weighted by Gasteiger charge is -2.29. The van der Waals surface area contributed by atoms with E-state index in [1.807, 2.05) is 22.7 Å². The number of amides is 1. The van der Waals surface area contributed by atoms with Gasteiger partial charge in [0.1, 0.15) is 5.82 Å². The number of hydrogen-bond donors (Lipinski definition) is 1. The van der Waals surface area contributed by atoms with Crippen LogP contribution in [-0.2, 0) is 17.8 Å². The molecule has 0 spiro atoms. The lowest BCUT2D eigenvalue weighted by molar-refractivity contribution is -0.133. The first-order valence-electron chi connectivity index (χ1n) is 10.3. The van der Waals surface area contributed by atoms with Crippen molar-refractivity contribution in [1.82, 2.24) is 30.0 Å². The number of nitrogens with one attached hydrogen (secondary N) is 1. The fourth-order valence-electron chi connectivity index (χ4n) is 4.26. The highest BCUT2D eigenvalue weighted by Crippen LogP contribution is 2.25. The summed E-state index contributed by atoms with van der Waals surface area (Å²) in [6, 6.07) is 0.336. The van der Waals surface area contributed by atoms with Gasteiger partial charge in [0.25, 0.3) is 0 Å². The summed E-state index contributed by atoms with van der Waals surface area (Å²) in [6.45, 7) is 10.6. The number of nitrogens with zero attached hydrogens (tertiary/aromatic N) is 5. The third-order valence-corrected chi connectivity index (χ3v) is 6.25. The van der Waals surface area contributed by atoms with E-state index in [1.54, 1.807) is 0 Å². The van der Waals surface area contributed by atoms with Crippen molar-refractivity contribution in [3.63, 3.8) is 0 Å². The van der Waals surface area contributed by atoms with Gasteiger partial charge < -0.3 is 10.2 Å². The Kier molecular flexibility index (Phi) is 5.19. The molecule has 2 atom stereocenters. The second-order valence-corrected chi connectivity index (χ2v) is 8.21. The summed E-state index contributed by atoms with van der Waals surface area (Å²) in [6.07, 6.45) is 5.47. The predicted molar refractivity (Wildman–Crippen MR) is 107 cm³/mol. The summed E-state index contributed by atoms with van der Waals surface area (Å²) in [5.41, 5.74) is 5.56. The zero-order chi connectivity index (χ0) is 19.8. The van der Waals surface area contributed by atoms with Crippen LogP contribution < -0.4 is 5.32 Å². The summed E-state index contributed by atoms with van der Waals surface area (Å²) in [5.74, 6) is 1.08. The summed E-state index contributed by atoms with van der Waals surface area (Å²) in [4.78, 5) is 24.2. The van der Waals surface area contributed by atoms with Crippen molar-refractivity contribution in [2.45, 2.75) is 72.0 Å². The number of aryl methyl sites for hydroxylation is 1. The second-order valence-electron chi connectivity index (χ2n) is 8.21. The quantitative estimate of drug-likeness (QED) is 0.879. The number of carbonyl (C=O) groups is 1. The molecule has 4 heterocycles. The molecule has 1 N–H and O–H groups in total. The summed E-state index contributed by atoms with van der Waals surface area (Å²) in [5, 5.41) is 8.07. The molecule has 2 aliphatic heterocycles. The minimum absolute atomic E-state index is 0.0494. The van der Waals surface area contributed by atoms with Gasteiger partial charge in [-0.25, -0.2) is 9.97 Å². The van der Waals surface area contributed by atoms with Crippen molar-refractivity contribution < 1.29 is 4.79 Å². The summed E-state index contributed by atoms with van der Waals surface area (Å²) < 4.78 is 1.99. The molecular weight excluding hydrogens is 352 g/mol. The molecule has 2 aromatic heterocycles. The van der Waals surface area contributed by atoms with Crippen LogP contribution in [0.4, 0.5) is 0 Å². The maximum atomic E-state index is 12.9. The largest absolute Gasteiger partial charge is 0.338 e. The lowest BCUT2D eigenvalue weighted by Crippen LogP contribution is -2.37. The van der Waals surface area contributed by atoms with Gasteiger partial charge in [-0.2, -0.15) is 5.10 Å². The Labute approximate surface area is 166 Å². The van der Waals surface area contributed by atoms with E-state index >= 15 is 0 Å². The number of carbonyl (C=O) groups excluding carboxylic acids is 1. The third-order valence-electron chi connectivity index (χ3n) is 6.25. The van der Waals surface area contributed by atoms with Gasteiger partial charge in [-0.15, -0.1) is 0 Å². The Morgan fingerprint density at radius 2 is 2.18 bits per heavy atom. The van der Waals surface area contributed by atoms with Gasteiger partial charge in [-0.1, -0.05) is 0 Å². The highest BCUT2D eigenvalue weighted by molar-refractivity contribution is 5.77.